The third-order valence-corrected chi connectivity index (χ3v) is 4.68. The van der Waals surface area contributed by atoms with Gasteiger partial charge in [-0.15, -0.1) is 5.10 Å². The predicted molar refractivity (Wildman–Crippen MR) is 97.8 cm³/mol. The van der Waals surface area contributed by atoms with Crippen molar-refractivity contribution in [3.63, 3.8) is 0 Å². The maximum atomic E-state index is 12.8. The van der Waals surface area contributed by atoms with Gasteiger partial charge in [0.15, 0.2) is 5.82 Å². The summed E-state index contributed by atoms with van der Waals surface area (Å²) in [5.41, 5.74) is 0.528. The van der Waals surface area contributed by atoms with E-state index in [-0.39, 0.29) is 17.4 Å². The standard InChI is InChI=1S/C18H18F3N7O/c1-11-7-12(2)28(24-11)15-3-4-16(29)27(25-15)10-13-8-26(9-13)17-22-6-5-14(23-17)18(19,20)21/h3-7,13H,8-10H2,1-2H3. The second-order valence-corrected chi connectivity index (χ2v) is 7.06. The molecular formula is C18H18F3N7O. The second-order valence-electron chi connectivity index (χ2n) is 7.06. The highest BCUT2D eigenvalue weighted by Crippen LogP contribution is 2.29. The lowest BCUT2D eigenvalue weighted by atomic mass is 10.0. The van der Waals surface area contributed by atoms with E-state index in [1.165, 1.54) is 10.7 Å². The van der Waals surface area contributed by atoms with E-state index >= 15 is 0 Å². The number of nitrogens with zero attached hydrogens (tertiary/aromatic N) is 7. The minimum Gasteiger partial charge on any atom is -0.340 e. The van der Waals surface area contributed by atoms with Crippen LogP contribution in [0.5, 0.6) is 0 Å². The summed E-state index contributed by atoms with van der Waals surface area (Å²) in [4.78, 5) is 21.3. The Bertz CT molecular complexity index is 1100. The molecule has 0 saturated carbocycles. The lowest BCUT2D eigenvalue weighted by Crippen LogP contribution is -2.50. The van der Waals surface area contributed by atoms with E-state index in [0.29, 0.717) is 25.5 Å². The fraction of sp³-hybridized carbons (Fsp3) is 0.389. The zero-order valence-electron chi connectivity index (χ0n) is 15.8. The molecule has 0 amide bonds. The van der Waals surface area contributed by atoms with Crippen LogP contribution in [0.2, 0.25) is 0 Å². The van der Waals surface area contributed by atoms with Gasteiger partial charge in [-0.25, -0.2) is 19.3 Å². The van der Waals surface area contributed by atoms with E-state index < -0.39 is 11.9 Å². The molecule has 4 heterocycles. The van der Waals surface area contributed by atoms with Gasteiger partial charge in [-0.05, 0) is 32.0 Å². The van der Waals surface area contributed by atoms with Crippen LogP contribution in [0.25, 0.3) is 5.82 Å². The summed E-state index contributed by atoms with van der Waals surface area (Å²) in [6, 6.07) is 5.80. The van der Waals surface area contributed by atoms with Crippen molar-refractivity contribution in [3.8, 4) is 5.82 Å². The van der Waals surface area contributed by atoms with Crippen molar-refractivity contribution in [1.82, 2.24) is 29.5 Å². The Morgan fingerprint density at radius 2 is 1.90 bits per heavy atom. The first-order chi connectivity index (χ1) is 13.7. The third-order valence-electron chi connectivity index (χ3n) is 4.68. The Balaban J connectivity index is 1.46. The minimum atomic E-state index is -4.51. The highest BCUT2D eigenvalue weighted by molar-refractivity contribution is 5.35. The molecule has 1 aliphatic rings. The van der Waals surface area contributed by atoms with Crippen LogP contribution in [-0.2, 0) is 12.7 Å². The molecule has 0 unspecified atom stereocenters. The summed E-state index contributed by atoms with van der Waals surface area (Å²) in [7, 11) is 0. The lowest BCUT2D eigenvalue weighted by Gasteiger charge is -2.39. The van der Waals surface area contributed by atoms with Crippen LogP contribution in [0.3, 0.4) is 0 Å². The van der Waals surface area contributed by atoms with Crippen molar-refractivity contribution in [2.24, 2.45) is 5.92 Å². The topological polar surface area (TPSA) is 81.7 Å². The van der Waals surface area contributed by atoms with Gasteiger partial charge in [0, 0.05) is 37.0 Å². The summed E-state index contributed by atoms with van der Waals surface area (Å²) in [5.74, 6) is 0.620. The fourth-order valence-electron chi connectivity index (χ4n) is 3.29. The van der Waals surface area contributed by atoms with Crippen molar-refractivity contribution in [2.75, 3.05) is 18.0 Å². The van der Waals surface area contributed by atoms with E-state index in [2.05, 4.69) is 20.2 Å². The van der Waals surface area contributed by atoms with Crippen LogP contribution >= 0.6 is 0 Å². The van der Waals surface area contributed by atoms with Crippen LogP contribution in [0, 0.1) is 19.8 Å². The molecular weight excluding hydrogens is 387 g/mol. The molecule has 29 heavy (non-hydrogen) atoms. The van der Waals surface area contributed by atoms with Crippen LogP contribution in [0.1, 0.15) is 17.1 Å². The van der Waals surface area contributed by atoms with Crippen molar-refractivity contribution in [2.45, 2.75) is 26.6 Å². The fourth-order valence-corrected chi connectivity index (χ4v) is 3.29. The molecule has 1 aliphatic heterocycles. The van der Waals surface area contributed by atoms with Crippen LogP contribution in [-0.4, -0.2) is 42.6 Å². The van der Waals surface area contributed by atoms with Gasteiger partial charge < -0.3 is 4.90 Å². The van der Waals surface area contributed by atoms with Gasteiger partial charge in [-0.1, -0.05) is 0 Å². The molecule has 4 rings (SSSR count). The van der Waals surface area contributed by atoms with E-state index in [0.717, 1.165) is 23.7 Å². The summed E-state index contributed by atoms with van der Waals surface area (Å²) in [6.45, 7) is 5.01. The van der Waals surface area contributed by atoms with Gasteiger partial charge in [0.25, 0.3) is 5.56 Å². The lowest BCUT2D eigenvalue weighted by molar-refractivity contribution is -0.141. The van der Waals surface area contributed by atoms with Gasteiger partial charge in [0.2, 0.25) is 5.95 Å². The maximum absolute atomic E-state index is 12.8. The first-order valence-corrected chi connectivity index (χ1v) is 8.98. The van der Waals surface area contributed by atoms with Crippen molar-refractivity contribution >= 4 is 5.95 Å². The molecule has 0 aliphatic carbocycles. The average Bonchev–Trinajstić information content (AvgIpc) is 2.97. The van der Waals surface area contributed by atoms with Crippen LogP contribution in [0.15, 0.2) is 35.3 Å². The normalized spacial score (nSPS) is 14.9. The molecule has 11 heteroatoms. The summed E-state index contributed by atoms with van der Waals surface area (Å²) in [5, 5.41) is 8.76. The Morgan fingerprint density at radius 1 is 1.14 bits per heavy atom. The zero-order valence-corrected chi connectivity index (χ0v) is 15.8. The molecule has 0 atom stereocenters. The highest BCUT2D eigenvalue weighted by Gasteiger charge is 2.35. The number of aryl methyl sites for hydroxylation is 2. The smallest absolute Gasteiger partial charge is 0.340 e. The molecule has 0 bridgehead atoms. The molecule has 0 spiro atoms. The summed E-state index contributed by atoms with van der Waals surface area (Å²) < 4.78 is 41.4. The molecule has 3 aromatic rings. The number of halogens is 3. The number of hydrogen-bond donors (Lipinski definition) is 0. The molecule has 0 radical (unpaired) electrons. The Morgan fingerprint density at radius 3 is 2.55 bits per heavy atom. The highest BCUT2D eigenvalue weighted by atomic mass is 19.4. The largest absolute Gasteiger partial charge is 0.433 e. The van der Waals surface area contributed by atoms with Gasteiger partial charge in [-0.2, -0.15) is 18.3 Å². The van der Waals surface area contributed by atoms with Gasteiger partial charge in [0.05, 0.1) is 12.2 Å². The van der Waals surface area contributed by atoms with Crippen LogP contribution in [0.4, 0.5) is 19.1 Å². The van der Waals surface area contributed by atoms with E-state index in [1.807, 2.05) is 19.9 Å². The van der Waals surface area contributed by atoms with Crippen molar-refractivity contribution in [3.05, 3.63) is 57.9 Å². The molecule has 1 saturated heterocycles. The van der Waals surface area contributed by atoms with Crippen molar-refractivity contribution in [1.29, 1.82) is 0 Å². The molecule has 1 fully saturated rings. The van der Waals surface area contributed by atoms with E-state index in [4.69, 9.17) is 0 Å². The maximum Gasteiger partial charge on any atom is 0.433 e. The number of hydrogen-bond acceptors (Lipinski definition) is 6. The van der Waals surface area contributed by atoms with E-state index in [9.17, 15) is 18.0 Å². The molecule has 0 N–H and O–H groups in total. The summed E-state index contributed by atoms with van der Waals surface area (Å²) >= 11 is 0. The first kappa shape index (κ1) is 19.1. The first-order valence-electron chi connectivity index (χ1n) is 8.98. The third kappa shape index (κ3) is 3.84. The summed E-state index contributed by atoms with van der Waals surface area (Å²) in [6.07, 6.45) is -3.41. The molecule has 152 valence electrons. The number of aromatic nitrogens is 6. The SMILES string of the molecule is Cc1cc(C)n(-c2ccc(=O)n(CC3CN(c4nccc(C(F)(F)F)n4)C3)n2)n1. The Hall–Kier alpha value is -3.24. The monoisotopic (exact) mass is 405 g/mol. The predicted octanol–water partition coefficient (Wildman–Crippen LogP) is 1.99. The molecule has 0 aromatic carbocycles. The van der Waals surface area contributed by atoms with Gasteiger partial charge in [-0.3, -0.25) is 4.79 Å². The molecule has 3 aromatic heterocycles. The zero-order chi connectivity index (χ0) is 20.8. The van der Waals surface area contributed by atoms with Gasteiger partial charge >= 0.3 is 6.18 Å². The second kappa shape index (κ2) is 6.98. The molecule has 8 nitrogen and oxygen atoms in total. The Kier molecular flexibility index (Phi) is 4.59. The van der Waals surface area contributed by atoms with Crippen LogP contribution < -0.4 is 10.5 Å². The number of rotatable bonds is 4. The number of anilines is 1. The minimum absolute atomic E-state index is 0.0350. The van der Waals surface area contributed by atoms with Gasteiger partial charge in [0.1, 0.15) is 5.69 Å². The van der Waals surface area contributed by atoms with Crippen molar-refractivity contribution < 1.29 is 13.2 Å². The van der Waals surface area contributed by atoms with E-state index in [1.54, 1.807) is 15.6 Å². The number of alkyl halides is 3. The average molecular weight is 405 g/mol. The quantitative estimate of drug-likeness (QED) is 0.660. The Labute approximate surface area is 163 Å².